The normalized spacial score (nSPS) is 11.5. The first kappa shape index (κ1) is 15.8. The van der Waals surface area contributed by atoms with Crippen LogP contribution >= 0.6 is 12.2 Å². The lowest BCUT2D eigenvalue weighted by molar-refractivity contribution is -0.138. The van der Waals surface area contributed by atoms with Crippen LogP contribution < -0.4 is 5.73 Å². The third-order valence-corrected chi connectivity index (χ3v) is 3.03. The number of aliphatic carboxylic acids is 1. The summed E-state index contributed by atoms with van der Waals surface area (Å²) >= 11 is 4.78. The minimum atomic E-state index is -0.959. The van der Waals surface area contributed by atoms with Crippen LogP contribution in [0.15, 0.2) is 42.9 Å². The average molecular weight is 317 g/mol. The van der Waals surface area contributed by atoms with Crippen LogP contribution in [-0.4, -0.2) is 37.1 Å². The largest absolute Gasteiger partial charge is 0.480 e. The van der Waals surface area contributed by atoms with E-state index in [1.807, 2.05) is 30.3 Å². The molecule has 114 valence electrons. The van der Waals surface area contributed by atoms with Gasteiger partial charge in [0.05, 0.1) is 12.5 Å². The molecule has 8 heteroatoms. The molecule has 5 N–H and O–H groups in total. The van der Waals surface area contributed by atoms with E-state index in [4.69, 9.17) is 23.1 Å². The van der Waals surface area contributed by atoms with Crippen molar-refractivity contribution in [2.24, 2.45) is 5.73 Å². The number of carbonyl (C=O) groups is 1. The van der Waals surface area contributed by atoms with E-state index in [1.54, 1.807) is 12.5 Å². The number of hydrogen-bond donors (Lipinski definition) is 4. The monoisotopic (exact) mass is 317 g/mol. The predicted octanol–water partition coefficient (Wildman–Crippen LogP) is 1.66. The predicted molar refractivity (Wildman–Crippen MR) is 84.8 cm³/mol. The van der Waals surface area contributed by atoms with Crippen LogP contribution in [0, 0.1) is 4.77 Å². The van der Waals surface area contributed by atoms with Gasteiger partial charge >= 0.3 is 5.97 Å². The Bertz CT molecular complexity index is 799. The Labute approximate surface area is 131 Å². The first-order chi connectivity index (χ1) is 10.6. The molecule has 2 aromatic heterocycles. The van der Waals surface area contributed by atoms with Crippen molar-refractivity contribution in [2.45, 2.75) is 12.5 Å². The summed E-state index contributed by atoms with van der Waals surface area (Å²) in [7, 11) is 0. The molecule has 2 heterocycles. The fourth-order valence-electron chi connectivity index (χ4n) is 1.71. The Kier molecular flexibility index (Phi) is 5.34. The molecule has 1 unspecified atom stereocenters. The van der Waals surface area contributed by atoms with Crippen LogP contribution in [0.2, 0.25) is 0 Å². The number of carboxylic acid groups (broad SMARTS) is 1. The zero-order chi connectivity index (χ0) is 15.9. The Morgan fingerprint density at radius 3 is 2.73 bits per heavy atom. The molecule has 0 fully saturated rings. The molecule has 1 atom stereocenters. The van der Waals surface area contributed by atoms with Crippen molar-refractivity contribution in [3.05, 3.63) is 53.2 Å². The van der Waals surface area contributed by atoms with E-state index < -0.39 is 12.0 Å². The van der Waals surface area contributed by atoms with Gasteiger partial charge in [-0.1, -0.05) is 30.3 Å². The van der Waals surface area contributed by atoms with E-state index >= 15 is 0 Å². The molecule has 0 saturated heterocycles. The van der Waals surface area contributed by atoms with E-state index in [-0.39, 0.29) is 0 Å². The molecule has 1 aromatic carbocycles. The van der Waals surface area contributed by atoms with E-state index in [0.29, 0.717) is 11.2 Å². The van der Waals surface area contributed by atoms with Crippen molar-refractivity contribution in [1.29, 1.82) is 0 Å². The molecule has 7 nitrogen and oxygen atoms in total. The number of rotatable bonds is 3. The first-order valence-corrected chi connectivity index (χ1v) is 6.88. The van der Waals surface area contributed by atoms with Gasteiger partial charge in [0.1, 0.15) is 11.6 Å². The van der Waals surface area contributed by atoms with Crippen LogP contribution in [0.4, 0.5) is 0 Å². The van der Waals surface area contributed by atoms with Crippen molar-refractivity contribution < 1.29 is 9.90 Å². The lowest BCUT2D eigenvalue weighted by atomic mass is 10.1. The molecule has 3 aromatic rings. The Morgan fingerprint density at radius 2 is 2.05 bits per heavy atom. The van der Waals surface area contributed by atoms with Gasteiger partial charge in [0.15, 0.2) is 10.4 Å². The quantitative estimate of drug-likeness (QED) is 0.545. The maximum atomic E-state index is 10.4. The lowest BCUT2D eigenvalue weighted by Gasteiger charge is -2.04. The summed E-state index contributed by atoms with van der Waals surface area (Å²) in [6, 6.07) is 8.54. The minimum Gasteiger partial charge on any atom is -0.480 e. The first-order valence-electron chi connectivity index (χ1n) is 6.47. The Hall–Kier alpha value is -2.58. The van der Waals surface area contributed by atoms with Gasteiger partial charge in [0.25, 0.3) is 0 Å². The fourth-order valence-corrected chi connectivity index (χ4v) is 1.86. The third kappa shape index (κ3) is 4.47. The van der Waals surface area contributed by atoms with E-state index in [2.05, 4.69) is 19.9 Å². The number of carboxylic acids is 1. The highest BCUT2D eigenvalue weighted by Gasteiger charge is 2.10. The molecule has 0 aliphatic rings. The number of hydrogen-bond acceptors (Lipinski definition) is 5. The van der Waals surface area contributed by atoms with Crippen LogP contribution in [-0.2, 0) is 11.2 Å². The van der Waals surface area contributed by atoms with E-state index in [0.717, 1.165) is 16.7 Å². The van der Waals surface area contributed by atoms with Crippen molar-refractivity contribution in [2.75, 3.05) is 0 Å². The van der Waals surface area contributed by atoms with Crippen molar-refractivity contribution >= 4 is 29.4 Å². The van der Waals surface area contributed by atoms with Gasteiger partial charge in [-0.3, -0.25) is 4.79 Å². The SMILES string of the molecule is NC(Cc1ccccc1)C(=O)O.S=c1ncc2[nH]cnc2[nH]1. The highest BCUT2D eigenvalue weighted by atomic mass is 32.1. The topological polar surface area (TPSA) is 121 Å². The number of nitrogens with one attached hydrogen (secondary N) is 2. The molecule has 0 spiro atoms. The molecular formula is C14H15N5O2S. The summed E-state index contributed by atoms with van der Waals surface area (Å²) in [6.07, 6.45) is 3.63. The second-order valence-electron chi connectivity index (χ2n) is 4.49. The van der Waals surface area contributed by atoms with Gasteiger partial charge in [0.2, 0.25) is 0 Å². The number of nitrogens with two attached hydrogens (primary N) is 1. The lowest BCUT2D eigenvalue weighted by Crippen LogP contribution is -2.32. The molecule has 0 aliphatic carbocycles. The maximum absolute atomic E-state index is 10.4. The number of imidazole rings is 1. The molecule has 0 saturated carbocycles. The highest BCUT2D eigenvalue weighted by Crippen LogP contribution is 2.01. The van der Waals surface area contributed by atoms with Crippen LogP contribution in [0.3, 0.4) is 0 Å². The summed E-state index contributed by atoms with van der Waals surface area (Å²) in [5, 5.41) is 8.52. The average Bonchev–Trinajstić information content (AvgIpc) is 2.96. The van der Waals surface area contributed by atoms with Crippen LogP contribution in [0.5, 0.6) is 0 Å². The third-order valence-electron chi connectivity index (χ3n) is 2.82. The molecule has 0 amide bonds. The molecule has 22 heavy (non-hydrogen) atoms. The second kappa shape index (κ2) is 7.43. The zero-order valence-corrected chi connectivity index (χ0v) is 12.4. The van der Waals surface area contributed by atoms with Crippen molar-refractivity contribution in [1.82, 2.24) is 19.9 Å². The van der Waals surface area contributed by atoms with Gasteiger partial charge in [0, 0.05) is 0 Å². The smallest absolute Gasteiger partial charge is 0.320 e. The number of fused-ring (bicyclic) bond motifs is 1. The van der Waals surface area contributed by atoms with Gasteiger partial charge in [-0.15, -0.1) is 0 Å². The molecular weight excluding hydrogens is 302 g/mol. The van der Waals surface area contributed by atoms with Gasteiger partial charge in [-0.2, -0.15) is 0 Å². The number of aromatic amines is 2. The van der Waals surface area contributed by atoms with Gasteiger partial charge < -0.3 is 20.8 Å². The van der Waals surface area contributed by atoms with E-state index in [1.165, 1.54) is 0 Å². The number of aromatic nitrogens is 4. The Balaban J connectivity index is 0.000000162. The number of benzene rings is 1. The van der Waals surface area contributed by atoms with Crippen LogP contribution in [0.25, 0.3) is 11.2 Å². The van der Waals surface area contributed by atoms with Gasteiger partial charge in [-0.25, -0.2) is 9.97 Å². The number of nitrogens with zero attached hydrogens (tertiary/aromatic N) is 2. The second-order valence-corrected chi connectivity index (χ2v) is 4.87. The standard InChI is InChI=1S/C9H11NO2.C5H4N4S/c10-8(9(11)12)6-7-4-2-1-3-5-7;10-5-6-1-3-4(9-5)8-2-7-3/h1-5,8H,6,10H2,(H,11,12);1-2H,(H2,6,7,8,9,10). The number of H-pyrrole nitrogens is 2. The fraction of sp³-hybridized carbons (Fsp3) is 0.143. The summed E-state index contributed by atoms with van der Waals surface area (Å²) in [6.45, 7) is 0. The summed E-state index contributed by atoms with van der Waals surface area (Å²) in [5.74, 6) is -0.959. The molecule has 0 radical (unpaired) electrons. The molecule has 3 rings (SSSR count). The van der Waals surface area contributed by atoms with Crippen molar-refractivity contribution in [3.8, 4) is 0 Å². The Morgan fingerprint density at radius 1 is 1.32 bits per heavy atom. The minimum absolute atomic E-state index is 0.385. The maximum Gasteiger partial charge on any atom is 0.320 e. The molecule has 0 bridgehead atoms. The zero-order valence-electron chi connectivity index (χ0n) is 11.6. The van der Waals surface area contributed by atoms with Crippen molar-refractivity contribution in [3.63, 3.8) is 0 Å². The van der Waals surface area contributed by atoms with Crippen LogP contribution in [0.1, 0.15) is 5.56 Å². The molecule has 0 aliphatic heterocycles. The summed E-state index contributed by atoms with van der Waals surface area (Å²) in [5.41, 5.74) is 7.92. The summed E-state index contributed by atoms with van der Waals surface area (Å²) in [4.78, 5) is 23.9. The summed E-state index contributed by atoms with van der Waals surface area (Å²) < 4.78 is 0.458. The van der Waals surface area contributed by atoms with E-state index in [9.17, 15) is 4.79 Å². The highest BCUT2D eigenvalue weighted by molar-refractivity contribution is 7.71. The van der Waals surface area contributed by atoms with Gasteiger partial charge in [-0.05, 0) is 24.2 Å².